The molecule has 1 saturated heterocycles. The van der Waals surface area contributed by atoms with Crippen molar-refractivity contribution >= 4 is 41.7 Å². The summed E-state index contributed by atoms with van der Waals surface area (Å²) in [5.41, 5.74) is 8.21. The van der Waals surface area contributed by atoms with Crippen molar-refractivity contribution in [3.8, 4) is 22.6 Å². The summed E-state index contributed by atoms with van der Waals surface area (Å²) >= 11 is 6.18. The van der Waals surface area contributed by atoms with Crippen molar-refractivity contribution in [3.63, 3.8) is 0 Å². The lowest BCUT2D eigenvalue weighted by Gasteiger charge is -2.32. The maximum Gasteiger partial charge on any atom is 0.488 e. The van der Waals surface area contributed by atoms with Gasteiger partial charge in [-0.05, 0) is 95.9 Å². The molecule has 3 N–H and O–H groups in total. The van der Waals surface area contributed by atoms with Crippen LogP contribution in [0.4, 0.5) is 0 Å². The molecule has 3 heterocycles. The van der Waals surface area contributed by atoms with Gasteiger partial charge >= 0.3 is 7.12 Å². The first-order valence-corrected chi connectivity index (χ1v) is 19.3. The number of benzene rings is 5. The van der Waals surface area contributed by atoms with Crippen LogP contribution in [0.5, 0.6) is 5.75 Å². The first-order chi connectivity index (χ1) is 27.7. The summed E-state index contributed by atoms with van der Waals surface area (Å²) in [5, 5.41) is 31.4. The maximum absolute atomic E-state index is 13.5. The van der Waals surface area contributed by atoms with Gasteiger partial charge in [0.2, 0.25) is 0 Å². The number of carbonyl (C=O) groups excluding carboxylic acids is 2. The van der Waals surface area contributed by atoms with Gasteiger partial charge in [-0.15, -0.1) is 10.2 Å². The van der Waals surface area contributed by atoms with Crippen LogP contribution in [0.1, 0.15) is 63.0 Å². The number of aliphatic imine (C=N–C) groups is 1. The van der Waals surface area contributed by atoms with Gasteiger partial charge in [0, 0.05) is 41.3 Å². The third kappa shape index (κ3) is 8.39. The van der Waals surface area contributed by atoms with Crippen molar-refractivity contribution in [2.24, 2.45) is 4.99 Å². The molecule has 13 heteroatoms. The van der Waals surface area contributed by atoms with Crippen LogP contribution >= 0.6 is 11.6 Å². The van der Waals surface area contributed by atoms with Crippen molar-refractivity contribution in [1.82, 2.24) is 25.0 Å². The quantitative estimate of drug-likeness (QED) is 0.153. The standard InChI is InChI=1S/C44H40BClN6O5/c1-28-49-50-41-26-48-43(31-11-13-37(46)14-12-31)39-24-38(15-16-40(39)52(28)41)57-27-42(53)47-25-29-5-2-6-32(21-29)30-17-19-51(20-18-30)44(54)35-9-3-7-33(22-35)34-8-4-10-36(23-34)45(55)56/h2-16,21-24,30,55-56H,17-20,25-27H2,1H3,(H,47,53). The van der Waals surface area contributed by atoms with E-state index in [9.17, 15) is 19.6 Å². The zero-order chi connectivity index (χ0) is 39.5. The number of aryl methyl sites for hydroxylation is 1. The number of piperidine rings is 1. The van der Waals surface area contributed by atoms with Gasteiger partial charge in [-0.1, -0.05) is 84.4 Å². The molecular formula is C44H40BClN6O5. The highest BCUT2D eigenvalue weighted by Gasteiger charge is 2.26. The highest BCUT2D eigenvalue weighted by molar-refractivity contribution is 6.58. The minimum Gasteiger partial charge on any atom is -0.484 e. The number of nitrogens with one attached hydrogen (secondary N) is 1. The summed E-state index contributed by atoms with van der Waals surface area (Å²) in [7, 11) is -1.56. The molecule has 0 spiro atoms. The number of nitrogens with zero attached hydrogens (tertiary/aromatic N) is 5. The minimum atomic E-state index is -1.56. The topological polar surface area (TPSA) is 142 Å². The highest BCUT2D eigenvalue weighted by atomic mass is 35.5. The number of likely N-dealkylation sites (tertiary alicyclic amines) is 1. The molecule has 2 amide bonds. The van der Waals surface area contributed by atoms with Crippen LogP contribution in [-0.4, -0.2) is 74.1 Å². The van der Waals surface area contributed by atoms with E-state index < -0.39 is 7.12 Å². The predicted molar refractivity (Wildman–Crippen MR) is 220 cm³/mol. The Balaban J connectivity index is 0.865. The largest absolute Gasteiger partial charge is 0.488 e. The monoisotopic (exact) mass is 778 g/mol. The van der Waals surface area contributed by atoms with Gasteiger partial charge in [-0.2, -0.15) is 0 Å². The summed E-state index contributed by atoms with van der Waals surface area (Å²) in [4.78, 5) is 33.3. The fraction of sp³-hybridized carbons (Fsp3) is 0.205. The first-order valence-electron chi connectivity index (χ1n) is 18.9. The molecule has 1 fully saturated rings. The molecule has 6 aromatic rings. The normalized spacial score (nSPS) is 13.9. The highest BCUT2D eigenvalue weighted by Crippen LogP contribution is 2.31. The van der Waals surface area contributed by atoms with Crippen molar-refractivity contribution in [2.75, 3.05) is 19.7 Å². The molecule has 2 aliphatic rings. The van der Waals surface area contributed by atoms with E-state index in [-0.39, 0.29) is 18.4 Å². The first kappa shape index (κ1) is 37.8. The zero-order valence-corrected chi connectivity index (χ0v) is 32.1. The molecule has 0 radical (unpaired) electrons. The van der Waals surface area contributed by atoms with Crippen LogP contribution in [0.15, 0.2) is 120 Å². The third-order valence-electron chi connectivity index (χ3n) is 10.5. The lowest BCUT2D eigenvalue weighted by Crippen LogP contribution is -2.38. The Hall–Kier alpha value is -6.08. The fourth-order valence-electron chi connectivity index (χ4n) is 7.57. The van der Waals surface area contributed by atoms with E-state index in [1.807, 2.05) is 101 Å². The molecule has 0 bridgehead atoms. The number of fused-ring (bicyclic) bond motifs is 3. The maximum atomic E-state index is 13.5. The predicted octanol–water partition coefficient (Wildman–Crippen LogP) is 5.64. The van der Waals surface area contributed by atoms with Gasteiger partial charge in [-0.25, -0.2) is 0 Å². The molecule has 1 aromatic heterocycles. The van der Waals surface area contributed by atoms with E-state index in [0.29, 0.717) is 53.9 Å². The Morgan fingerprint density at radius 3 is 2.40 bits per heavy atom. The van der Waals surface area contributed by atoms with Crippen LogP contribution in [0.2, 0.25) is 5.02 Å². The van der Waals surface area contributed by atoms with Crippen LogP contribution in [0.3, 0.4) is 0 Å². The number of amides is 2. The Labute approximate surface area is 335 Å². The van der Waals surface area contributed by atoms with Gasteiger partial charge in [-0.3, -0.25) is 19.1 Å². The number of carbonyl (C=O) groups is 2. The molecule has 2 aliphatic heterocycles. The Morgan fingerprint density at radius 1 is 0.860 bits per heavy atom. The van der Waals surface area contributed by atoms with E-state index >= 15 is 0 Å². The summed E-state index contributed by atoms with van der Waals surface area (Å²) in [6, 6.07) is 35.9. The smallest absolute Gasteiger partial charge is 0.484 e. The SMILES string of the molecule is Cc1nnc2n1-c1ccc(OCC(=O)NCc3cccc(C4CCN(C(=O)c5cccc(-c6cccc(B(O)O)c6)c5)CC4)c3)cc1C(c1ccc(Cl)cc1)=NC2. The molecule has 11 nitrogen and oxygen atoms in total. The zero-order valence-electron chi connectivity index (χ0n) is 31.3. The second-order valence-corrected chi connectivity index (χ2v) is 14.7. The Morgan fingerprint density at radius 2 is 1.61 bits per heavy atom. The van der Waals surface area contributed by atoms with Crippen LogP contribution in [0.25, 0.3) is 16.8 Å². The van der Waals surface area contributed by atoms with Gasteiger partial charge < -0.3 is 25.0 Å². The molecule has 5 aromatic carbocycles. The van der Waals surface area contributed by atoms with E-state index in [1.165, 1.54) is 5.56 Å². The summed E-state index contributed by atoms with van der Waals surface area (Å²) < 4.78 is 8.00. The second kappa shape index (κ2) is 16.6. The number of halogens is 1. The van der Waals surface area contributed by atoms with E-state index in [2.05, 4.69) is 27.6 Å². The number of hydrogen-bond acceptors (Lipinski definition) is 8. The van der Waals surface area contributed by atoms with Crippen LogP contribution in [0, 0.1) is 6.92 Å². The number of ether oxygens (including phenoxy) is 1. The second-order valence-electron chi connectivity index (χ2n) is 14.3. The number of aromatic nitrogens is 3. The van der Waals surface area contributed by atoms with Gasteiger partial charge in [0.25, 0.3) is 11.8 Å². The van der Waals surface area contributed by atoms with Crippen molar-refractivity contribution in [1.29, 1.82) is 0 Å². The molecule has 0 saturated carbocycles. The van der Waals surface area contributed by atoms with E-state index in [0.717, 1.165) is 63.7 Å². The Bertz CT molecular complexity index is 2480. The molecule has 8 rings (SSSR count). The van der Waals surface area contributed by atoms with E-state index in [4.69, 9.17) is 21.3 Å². The number of rotatable bonds is 10. The van der Waals surface area contributed by atoms with Crippen molar-refractivity contribution in [2.45, 2.75) is 38.8 Å². The lowest BCUT2D eigenvalue weighted by molar-refractivity contribution is -0.123. The van der Waals surface area contributed by atoms with Crippen molar-refractivity contribution in [3.05, 3.63) is 160 Å². The molecule has 286 valence electrons. The van der Waals surface area contributed by atoms with Gasteiger partial charge in [0.1, 0.15) is 18.1 Å². The summed E-state index contributed by atoms with van der Waals surface area (Å²) in [6.07, 6.45) is 1.66. The van der Waals surface area contributed by atoms with Gasteiger partial charge in [0.05, 0.1) is 11.4 Å². The van der Waals surface area contributed by atoms with E-state index in [1.54, 1.807) is 18.2 Å². The molecular weight excluding hydrogens is 739 g/mol. The lowest BCUT2D eigenvalue weighted by atomic mass is 9.79. The Kier molecular flexibility index (Phi) is 11.0. The van der Waals surface area contributed by atoms with Gasteiger partial charge in [0.15, 0.2) is 12.4 Å². The van der Waals surface area contributed by atoms with Crippen LogP contribution in [-0.2, 0) is 17.9 Å². The average Bonchev–Trinajstić information content (AvgIpc) is 3.53. The average molecular weight is 779 g/mol. The van der Waals surface area contributed by atoms with Crippen molar-refractivity contribution < 1.29 is 24.4 Å². The summed E-state index contributed by atoms with van der Waals surface area (Å²) in [6.45, 7) is 3.73. The van der Waals surface area contributed by atoms with Crippen LogP contribution < -0.4 is 15.5 Å². The number of hydrogen-bond donors (Lipinski definition) is 3. The third-order valence-corrected chi connectivity index (χ3v) is 10.8. The minimum absolute atomic E-state index is 0.0203. The molecule has 0 aliphatic carbocycles. The fourth-order valence-corrected chi connectivity index (χ4v) is 7.69. The molecule has 0 atom stereocenters. The molecule has 0 unspecified atom stereocenters. The molecule has 57 heavy (non-hydrogen) atoms. The summed E-state index contributed by atoms with van der Waals surface area (Å²) in [5.74, 6) is 2.05.